The summed E-state index contributed by atoms with van der Waals surface area (Å²) in [7, 11) is 0. The van der Waals surface area contributed by atoms with Gasteiger partial charge in [0.05, 0.1) is 17.6 Å². The van der Waals surface area contributed by atoms with Crippen molar-refractivity contribution in [1.82, 2.24) is 19.6 Å². The third kappa shape index (κ3) is 2.52. The first-order valence-corrected chi connectivity index (χ1v) is 5.87. The van der Waals surface area contributed by atoms with Gasteiger partial charge in [-0.1, -0.05) is 0 Å². The molecule has 5 nitrogen and oxygen atoms in total. The van der Waals surface area contributed by atoms with Gasteiger partial charge in [0.15, 0.2) is 5.65 Å². The van der Waals surface area contributed by atoms with Crippen LogP contribution in [-0.4, -0.2) is 19.6 Å². The summed E-state index contributed by atoms with van der Waals surface area (Å²) in [5, 5.41) is 7.45. The molecule has 3 rings (SSSR count). The van der Waals surface area contributed by atoms with Gasteiger partial charge in [0.1, 0.15) is 0 Å². The zero-order chi connectivity index (χ0) is 13.2. The molecule has 0 unspecified atom stereocenters. The zero-order valence-corrected chi connectivity index (χ0v) is 10.3. The van der Waals surface area contributed by atoms with E-state index in [1.54, 1.807) is 16.8 Å². The highest BCUT2D eigenvalue weighted by atomic mass is 19.1. The van der Waals surface area contributed by atoms with Crippen LogP contribution in [0.2, 0.25) is 0 Å². The van der Waals surface area contributed by atoms with E-state index in [0.717, 1.165) is 22.6 Å². The van der Waals surface area contributed by atoms with Crippen LogP contribution in [0.1, 0.15) is 11.3 Å². The number of rotatable bonds is 3. The van der Waals surface area contributed by atoms with Gasteiger partial charge in [-0.25, -0.2) is 14.5 Å². The van der Waals surface area contributed by atoms with Crippen molar-refractivity contribution < 1.29 is 4.39 Å². The summed E-state index contributed by atoms with van der Waals surface area (Å²) >= 11 is 0. The SMILES string of the molecule is Cc1cc2ncc(CNc3ccc(F)nc3)cn2n1. The molecule has 6 heteroatoms. The van der Waals surface area contributed by atoms with Gasteiger partial charge in [-0.05, 0) is 19.1 Å². The van der Waals surface area contributed by atoms with Crippen LogP contribution in [0.4, 0.5) is 10.1 Å². The summed E-state index contributed by atoms with van der Waals surface area (Å²) in [5.74, 6) is -0.486. The summed E-state index contributed by atoms with van der Waals surface area (Å²) in [4.78, 5) is 7.90. The molecule has 19 heavy (non-hydrogen) atoms. The predicted molar refractivity (Wildman–Crippen MR) is 69.2 cm³/mol. The van der Waals surface area contributed by atoms with Crippen molar-refractivity contribution in [1.29, 1.82) is 0 Å². The van der Waals surface area contributed by atoms with Crippen LogP contribution in [0.25, 0.3) is 5.65 Å². The third-order valence-electron chi connectivity index (χ3n) is 2.71. The molecular weight excluding hydrogens is 245 g/mol. The van der Waals surface area contributed by atoms with Gasteiger partial charge in [-0.3, -0.25) is 0 Å². The second-order valence-corrected chi connectivity index (χ2v) is 4.27. The second kappa shape index (κ2) is 4.64. The molecule has 0 saturated carbocycles. The fourth-order valence-corrected chi connectivity index (χ4v) is 1.81. The average molecular weight is 257 g/mol. The monoisotopic (exact) mass is 257 g/mol. The largest absolute Gasteiger partial charge is 0.380 e. The molecular formula is C13H12FN5. The Morgan fingerprint density at radius 3 is 2.95 bits per heavy atom. The Hall–Kier alpha value is -2.50. The highest BCUT2D eigenvalue weighted by molar-refractivity contribution is 5.42. The van der Waals surface area contributed by atoms with Crippen LogP contribution in [0.3, 0.4) is 0 Å². The summed E-state index contributed by atoms with van der Waals surface area (Å²) in [6.07, 6.45) is 5.17. The maximum Gasteiger partial charge on any atom is 0.212 e. The topological polar surface area (TPSA) is 55.1 Å². The van der Waals surface area contributed by atoms with Gasteiger partial charge in [-0.2, -0.15) is 9.49 Å². The van der Waals surface area contributed by atoms with Crippen LogP contribution in [0, 0.1) is 12.9 Å². The van der Waals surface area contributed by atoms with Crippen molar-refractivity contribution in [2.24, 2.45) is 0 Å². The maximum absolute atomic E-state index is 12.7. The summed E-state index contributed by atoms with van der Waals surface area (Å²) in [5.41, 5.74) is 3.50. The van der Waals surface area contributed by atoms with Crippen molar-refractivity contribution in [3.63, 3.8) is 0 Å². The van der Waals surface area contributed by atoms with E-state index >= 15 is 0 Å². The second-order valence-electron chi connectivity index (χ2n) is 4.27. The number of hydrogen-bond donors (Lipinski definition) is 1. The van der Waals surface area contributed by atoms with E-state index < -0.39 is 5.95 Å². The Morgan fingerprint density at radius 1 is 1.26 bits per heavy atom. The molecule has 0 fully saturated rings. The Balaban J connectivity index is 1.75. The molecule has 0 radical (unpaired) electrons. The van der Waals surface area contributed by atoms with E-state index in [2.05, 4.69) is 20.4 Å². The molecule has 3 aromatic heterocycles. The van der Waals surface area contributed by atoms with Crippen molar-refractivity contribution in [3.8, 4) is 0 Å². The van der Waals surface area contributed by atoms with Gasteiger partial charge >= 0.3 is 0 Å². The molecule has 96 valence electrons. The molecule has 0 aromatic carbocycles. The lowest BCUT2D eigenvalue weighted by Gasteiger charge is -2.05. The molecule has 3 heterocycles. The minimum Gasteiger partial charge on any atom is -0.380 e. The van der Waals surface area contributed by atoms with Crippen LogP contribution < -0.4 is 5.32 Å². The first-order valence-electron chi connectivity index (χ1n) is 5.87. The van der Waals surface area contributed by atoms with Crippen molar-refractivity contribution in [2.75, 3.05) is 5.32 Å². The first-order chi connectivity index (χ1) is 9.20. The molecule has 3 aromatic rings. The highest BCUT2D eigenvalue weighted by Gasteiger charge is 2.01. The number of pyridine rings is 1. The molecule has 1 N–H and O–H groups in total. The van der Waals surface area contributed by atoms with Crippen LogP contribution >= 0.6 is 0 Å². The first kappa shape index (κ1) is 11.6. The average Bonchev–Trinajstić information content (AvgIpc) is 2.77. The van der Waals surface area contributed by atoms with E-state index in [-0.39, 0.29) is 0 Å². The zero-order valence-electron chi connectivity index (χ0n) is 10.3. The lowest BCUT2D eigenvalue weighted by molar-refractivity contribution is 0.584. The molecule has 0 spiro atoms. The van der Waals surface area contributed by atoms with Gasteiger partial charge in [0, 0.05) is 30.6 Å². The fourth-order valence-electron chi connectivity index (χ4n) is 1.81. The van der Waals surface area contributed by atoms with Crippen molar-refractivity contribution in [3.05, 3.63) is 54.0 Å². The minimum absolute atomic E-state index is 0.486. The van der Waals surface area contributed by atoms with E-state index in [9.17, 15) is 4.39 Å². The molecule has 0 aliphatic carbocycles. The van der Waals surface area contributed by atoms with Crippen LogP contribution in [-0.2, 0) is 6.54 Å². The standard InChI is InChI=1S/C13H12FN5/c1-9-4-13-17-6-10(8-19(13)18-9)5-15-11-2-3-12(14)16-7-11/h2-4,6-8,15H,5H2,1H3. The van der Waals surface area contributed by atoms with Gasteiger partial charge in [0.2, 0.25) is 5.95 Å². The molecule has 0 aliphatic rings. The van der Waals surface area contributed by atoms with Gasteiger partial charge < -0.3 is 5.32 Å². The summed E-state index contributed by atoms with van der Waals surface area (Å²) in [6.45, 7) is 2.51. The van der Waals surface area contributed by atoms with Crippen LogP contribution in [0.5, 0.6) is 0 Å². The van der Waals surface area contributed by atoms with Crippen molar-refractivity contribution >= 4 is 11.3 Å². The Labute approximate surface area is 109 Å². The number of hydrogen-bond acceptors (Lipinski definition) is 4. The Bertz CT molecular complexity index is 705. The van der Waals surface area contributed by atoms with E-state index in [0.29, 0.717) is 6.54 Å². The smallest absolute Gasteiger partial charge is 0.212 e. The van der Waals surface area contributed by atoms with Crippen LogP contribution in [0.15, 0.2) is 36.8 Å². The lowest BCUT2D eigenvalue weighted by atomic mass is 10.3. The van der Waals surface area contributed by atoms with Gasteiger partial charge in [-0.15, -0.1) is 0 Å². The molecule has 0 aliphatic heterocycles. The minimum atomic E-state index is -0.486. The number of nitrogens with zero attached hydrogens (tertiary/aromatic N) is 4. The van der Waals surface area contributed by atoms with E-state index in [4.69, 9.17) is 0 Å². The third-order valence-corrected chi connectivity index (χ3v) is 2.71. The van der Waals surface area contributed by atoms with E-state index in [1.807, 2.05) is 19.2 Å². The number of halogens is 1. The number of aryl methyl sites for hydroxylation is 1. The van der Waals surface area contributed by atoms with Gasteiger partial charge in [0.25, 0.3) is 0 Å². The Morgan fingerprint density at radius 2 is 2.16 bits per heavy atom. The summed E-state index contributed by atoms with van der Waals surface area (Å²) < 4.78 is 14.4. The maximum atomic E-state index is 12.7. The summed E-state index contributed by atoms with van der Waals surface area (Å²) in [6, 6.07) is 4.88. The van der Waals surface area contributed by atoms with E-state index in [1.165, 1.54) is 12.3 Å². The van der Waals surface area contributed by atoms with Crippen molar-refractivity contribution in [2.45, 2.75) is 13.5 Å². The highest BCUT2D eigenvalue weighted by Crippen LogP contribution is 2.09. The molecule has 0 bridgehead atoms. The number of anilines is 1. The number of nitrogens with one attached hydrogen (secondary N) is 1. The quantitative estimate of drug-likeness (QED) is 0.731. The number of fused-ring (bicyclic) bond motifs is 1. The number of aromatic nitrogens is 4. The lowest BCUT2D eigenvalue weighted by Crippen LogP contribution is -2.02. The predicted octanol–water partition coefficient (Wildman–Crippen LogP) is 2.18. The normalized spacial score (nSPS) is 10.8. The molecule has 0 amide bonds. The fraction of sp³-hybridized carbons (Fsp3) is 0.154. The molecule has 0 saturated heterocycles. The Kier molecular flexibility index (Phi) is 2.83. The molecule has 0 atom stereocenters.